The lowest BCUT2D eigenvalue weighted by molar-refractivity contribution is 0.303. The zero-order valence-electron chi connectivity index (χ0n) is 13.6. The van der Waals surface area contributed by atoms with Gasteiger partial charge in [-0.1, -0.05) is 70.8 Å². The van der Waals surface area contributed by atoms with Crippen molar-refractivity contribution in [1.29, 1.82) is 0 Å². The number of allylic oxidation sites excluding steroid dienone is 4. The van der Waals surface area contributed by atoms with E-state index in [1.54, 1.807) is 24.3 Å². The van der Waals surface area contributed by atoms with E-state index in [0.29, 0.717) is 33.0 Å². The summed E-state index contributed by atoms with van der Waals surface area (Å²) in [5, 5.41) is 10.3. The van der Waals surface area contributed by atoms with Gasteiger partial charge in [0.1, 0.15) is 22.6 Å². The Bertz CT molecular complexity index is 732. The van der Waals surface area contributed by atoms with Crippen LogP contribution in [0.5, 0.6) is 11.5 Å². The van der Waals surface area contributed by atoms with E-state index in [4.69, 9.17) is 68.1 Å². The van der Waals surface area contributed by atoms with E-state index >= 15 is 0 Å². The highest BCUT2D eigenvalue weighted by molar-refractivity contribution is 7.80. The van der Waals surface area contributed by atoms with Crippen LogP contribution < -0.4 is 9.47 Å². The summed E-state index contributed by atoms with van der Waals surface area (Å²) in [5.74, 6) is 1.07. The lowest BCUT2D eigenvalue weighted by Crippen LogP contribution is -2.16. The Morgan fingerprint density at radius 2 is 1.88 bits per heavy atom. The number of hydrogen-bond acceptors (Lipinski definition) is 4. The third-order valence-electron chi connectivity index (χ3n) is 3.55. The van der Waals surface area contributed by atoms with Gasteiger partial charge in [0.25, 0.3) is 0 Å². The molecule has 2 rings (SSSR count). The zero-order valence-corrected chi connectivity index (χ0v) is 17.4. The Labute approximate surface area is 177 Å². The van der Waals surface area contributed by atoms with Gasteiger partial charge in [-0.15, -0.1) is 0 Å². The zero-order chi connectivity index (χ0) is 19.1. The molecule has 0 bridgehead atoms. The smallest absolute Gasteiger partial charge is 0.156 e. The molecule has 1 N–H and O–H groups in total. The monoisotopic (exact) mass is 452 g/mol. The van der Waals surface area contributed by atoms with E-state index in [1.807, 2.05) is 6.08 Å². The fraction of sp³-hybridized carbons (Fsp3) is 0.278. The molecule has 1 aromatic carbocycles. The normalized spacial score (nSPS) is 16.2. The highest BCUT2D eigenvalue weighted by Gasteiger charge is 2.17. The van der Waals surface area contributed by atoms with Gasteiger partial charge in [-0.2, -0.15) is 0 Å². The molecule has 0 saturated carbocycles. The van der Waals surface area contributed by atoms with E-state index in [1.165, 1.54) is 6.08 Å². The maximum atomic E-state index is 9.65. The standard InChI is InChI=1S/C18H16Cl4O3S/c19-13-9-12(24-8-6-16(21)22)10-14(20)17(13)25-7-2-4-11-3-1-5-15(23)18(11)26/h1,3,5-6,9-11,23H,2,4,7-8H2. The van der Waals surface area contributed by atoms with Crippen molar-refractivity contribution in [2.75, 3.05) is 13.2 Å². The van der Waals surface area contributed by atoms with Gasteiger partial charge in [0, 0.05) is 18.1 Å². The van der Waals surface area contributed by atoms with E-state index < -0.39 is 0 Å². The van der Waals surface area contributed by atoms with Crippen molar-refractivity contribution in [3.05, 3.63) is 56.7 Å². The summed E-state index contributed by atoms with van der Waals surface area (Å²) in [6.45, 7) is 0.618. The summed E-state index contributed by atoms with van der Waals surface area (Å²) in [4.78, 5) is 0.552. The molecule has 140 valence electrons. The Morgan fingerprint density at radius 1 is 1.19 bits per heavy atom. The molecule has 26 heavy (non-hydrogen) atoms. The largest absolute Gasteiger partial charge is 0.507 e. The van der Waals surface area contributed by atoms with Crippen LogP contribution in [0.15, 0.2) is 46.7 Å². The minimum atomic E-state index is 0.0298. The number of benzene rings is 1. The van der Waals surface area contributed by atoms with Crippen LogP contribution >= 0.6 is 58.6 Å². The first-order chi connectivity index (χ1) is 12.4. The fourth-order valence-corrected chi connectivity index (χ4v) is 3.27. The van der Waals surface area contributed by atoms with Crippen LogP contribution in [0.4, 0.5) is 0 Å². The third kappa shape index (κ3) is 6.36. The molecule has 1 atom stereocenters. The van der Waals surface area contributed by atoms with Crippen LogP contribution in [0.1, 0.15) is 12.8 Å². The molecule has 0 aromatic heterocycles. The molecule has 0 saturated heterocycles. The van der Waals surface area contributed by atoms with Crippen molar-refractivity contribution in [3.63, 3.8) is 0 Å². The number of thiocarbonyl (C=S) groups is 1. The molecule has 3 nitrogen and oxygen atoms in total. The van der Waals surface area contributed by atoms with E-state index in [2.05, 4.69) is 0 Å². The molecular formula is C18H16Cl4O3S. The number of aliphatic hydroxyl groups excluding tert-OH is 1. The summed E-state index contributed by atoms with van der Waals surface area (Å²) in [6, 6.07) is 3.22. The molecule has 0 radical (unpaired) electrons. The number of halogens is 4. The van der Waals surface area contributed by atoms with Crippen LogP contribution in [-0.2, 0) is 0 Å². The van der Waals surface area contributed by atoms with Gasteiger partial charge in [-0.25, -0.2) is 0 Å². The van der Waals surface area contributed by atoms with Crippen LogP contribution in [-0.4, -0.2) is 23.2 Å². The van der Waals surface area contributed by atoms with Gasteiger partial charge in [-0.3, -0.25) is 0 Å². The van der Waals surface area contributed by atoms with Crippen LogP contribution in [0.25, 0.3) is 0 Å². The Hall–Kier alpha value is -0.910. The number of hydrogen-bond donors (Lipinski definition) is 1. The van der Waals surface area contributed by atoms with Gasteiger partial charge < -0.3 is 14.6 Å². The molecule has 0 amide bonds. The van der Waals surface area contributed by atoms with Gasteiger partial charge in [0.05, 0.1) is 21.5 Å². The summed E-state index contributed by atoms with van der Waals surface area (Å²) in [7, 11) is 0. The minimum absolute atomic E-state index is 0.0298. The summed E-state index contributed by atoms with van der Waals surface area (Å²) >= 11 is 28.7. The summed E-state index contributed by atoms with van der Waals surface area (Å²) in [5.41, 5.74) is 0. The highest BCUT2D eigenvalue weighted by atomic mass is 35.5. The molecule has 1 aliphatic carbocycles. The van der Waals surface area contributed by atoms with Crippen molar-refractivity contribution in [3.8, 4) is 11.5 Å². The predicted molar refractivity (Wildman–Crippen MR) is 112 cm³/mol. The third-order valence-corrected chi connectivity index (χ3v) is 4.93. The predicted octanol–water partition coefficient (Wildman–Crippen LogP) is 6.85. The molecule has 0 spiro atoms. The maximum Gasteiger partial charge on any atom is 0.156 e. The first-order valence-corrected chi connectivity index (χ1v) is 9.68. The van der Waals surface area contributed by atoms with Gasteiger partial charge >= 0.3 is 0 Å². The van der Waals surface area contributed by atoms with Crippen molar-refractivity contribution >= 4 is 63.5 Å². The Kier molecular flexibility index (Phi) is 8.58. The summed E-state index contributed by atoms with van der Waals surface area (Å²) in [6.07, 6.45) is 8.36. The average molecular weight is 454 g/mol. The molecule has 1 aliphatic rings. The number of ether oxygens (including phenoxy) is 2. The van der Waals surface area contributed by atoms with Crippen LogP contribution in [0, 0.1) is 5.92 Å². The van der Waals surface area contributed by atoms with Crippen molar-refractivity contribution in [2.45, 2.75) is 12.8 Å². The molecule has 0 aliphatic heterocycles. The van der Waals surface area contributed by atoms with E-state index in [9.17, 15) is 5.11 Å². The number of rotatable bonds is 8. The average Bonchev–Trinajstić information content (AvgIpc) is 2.56. The summed E-state index contributed by atoms with van der Waals surface area (Å²) < 4.78 is 11.3. The molecule has 8 heteroatoms. The van der Waals surface area contributed by atoms with Crippen LogP contribution in [0.2, 0.25) is 10.0 Å². The second kappa shape index (κ2) is 10.4. The van der Waals surface area contributed by atoms with Gasteiger partial charge in [-0.05, 0) is 25.0 Å². The molecule has 1 aromatic rings. The quantitative estimate of drug-likeness (QED) is 0.345. The fourth-order valence-electron chi connectivity index (χ4n) is 2.30. The molecule has 1 unspecified atom stereocenters. The lowest BCUT2D eigenvalue weighted by Gasteiger charge is -2.17. The van der Waals surface area contributed by atoms with Gasteiger partial charge in [0.15, 0.2) is 5.75 Å². The SMILES string of the molecule is OC1=CC=CC(CCCOc2c(Cl)cc(OCC=C(Cl)Cl)cc2Cl)C1=S. The molecular weight excluding hydrogens is 438 g/mol. The topological polar surface area (TPSA) is 38.7 Å². The minimum Gasteiger partial charge on any atom is -0.507 e. The first-order valence-electron chi connectivity index (χ1n) is 7.76. The second-order valence-corrected chi connectivity index (χ2v) is 7.68. The second-order valence-electron chi connectivity index (χ2n) is 5.42. The van der Waals surface area contributed by atoms with Crippen molar-refractivity contribution in [2.24, 2.45) is 5.92 Å². The first kappa shape index (κ1) is 21.4. The number of aliphatic hydroxyl groups is 1. The van der Waals surface area contributed by atoms with E-state index in [0.717, 1.165) is 12.8 Å². The lowest BCUT2D eigenvalue weighted by atomic mass is 9.94. The Morgan fingerprint density at radius 3 is 2.54 bits per heavy atom. The van der Waals surface area contributed by atoms with Crippen molar-refractivity contribution in [1.82, 2.24) is 0 Å². The van der Waals surface area contributed by atoms with Crippen molar-refractivity contribution < 1.29 is 14.6 Å². The molecule has 0 heterocycles. The van der Waals surface area contributed by atoms with Gasteiger partial charge in [0.2, 0.25) is 0 Å². The van der Waals surface area contributed by atoms with Crippen LogP contribution in [0.3, 0.4) is 0 Å². The Balaban J connectivity index is 1.86. The molecule has 0 fully saturated rings. The highest BCUT2D eigenvalue weighted by Crippen LogP contribution is 2.37. The van der Waals surface area contributed by atoms with E-state index in [-0.39, 0.29) is 22.8 Å². The maximum absolute atomic E-state index is 9.65.